The topological polar surface area (TPSA) is 88.5 Å². The standard InChI is InChI=1S/C3H6O2.O3S/c1-2-3(4)5;1-4(2)3/h2H2,1H3,(H,4,5);. The van der Waals surface area contributed by atoms with Gasteiger partial charge in [-0.3, -0.25) is 4.79 Å². The minimum absolute atomic E-state index is 0.222. The predicted molar refractivity (Wildman–Crippen MR) is 27.6 cm³/mol. The minimum Gasteiger partial charge on any atom is -0.481 e. The normalized spacial score (nSPS) is 6.78. The van der Waals surface area contributed by atoms with Crippen LogP contribution >= 0.6 is 0 Å². The summed E-state index contributed by atoms with van der Waals surface area (Å²) in [5.74, 6) is -0.745. The van der Waals surface area contributed by atoms with E-state index in [4.69, 9.17) is 17.7 Å². The summed E-state index contributed by atoms with van der Waals surface area (Å²) < 4.78 is 25.3. The number of aliphatic carboxylic acids is 1. The zero-order valence-corrected chi connectivity index (χ0v) is 5.51. The lowest BCUT2D eigenvalue weighted by molar-refractivity contribution is -0.136. The third-order valence-electron chi connectivity index (χ3n) is 0.302. The molecule has 0 aliphatic heterocycles. The zero-order chi connectivity index (χ0) is 7.86. The van der Waals surface area contributed by atoms with Crippen LogP contribution in [0.3, 0.4) is 0 Å². The van der Waals surface area contributed by atoms with E-state index in [0.717, 1.165) is 0 Å². The van der Waals surface area contributed by atoms with Crippen LogP contribution in [0, 0.1) is 0 Å². The van der Waals surface area contributed by atoms with E-state index in [-0.39, 0.29) is 6.42 Å². The average molecular weight is 154 g/mol. The van der Waals surface area contributed by atoms with E-state index < -0.39 is 16.6 Å². The van der Waals surface area contributed by atoms with Crippen LogP contribution in [0.4, 0.5) is 0 Å². The Morgan fingerprint density at radius 2 is 1.56 bits per heavy atom. The van der Waals surface area contributed by atoms with Crippen molar-refractivity contribution in [2.24, 2.45) is 0 Å². The van der Waals surface area contributed by atoms with E-state index in [1.807, 2.05) is 0 Å². The van der Waals surface area contributed by atoms with Crippen molar-refractivity contribution in [3.8, 4) is 0 Å². The van der Waals surface area contributed by atoms with E-state index in [2.05, 4.69) is 0 Å². The summed E-state index contributed by atoms with van der Waals surface area (Å²) in [5, 5.41) is 7.72. The molecule has 0 atom stereocenters. The maximum atomic E-state index is 9.37. The molecule has 0 bridgehead atoms. The van der Waals surface area contributed by atoms with Gasteiger partial charge in [-0.25, -0.2) is 0 Å². The molecule has 5 nitrogen and oxygen atoms in total. The average Bonchev–Trinajstić information content (AvgIpc) is 1.65. The maximum absolute atomic E-state index is 9.37. The summed E-state index contributed by atoms with van der Waals surface area (Å²) >= 11 is 0. The largest absolute Gasteiger partial charge is 0.481 e. The minimum atomic E-state index is -3.11. The van der Waals surface area contributed by atoms with E-state index in [0.29, 0.717) is 0 Å². The van der Waals surface area contributed by atoms with Crippen molar-refractivity contribution in [3.05, 3.63) is 0 Å². The Morgan fingerprint density at radius 3 is 1.56 bits per heavy atom. The number of hydrogen-bond acceptors (Lipinski definition) is 4. The van der Waals surface area contributed by atoms with Gasteiger partial charge in [0.05, 0.1) is 0 Å². The molecule has 0 aromatic carbocycles. The molecule has 0 aromatic rings. The molecule has 6 heteroatoms. The molecular weight excluding hydrogens is 148 g/mol. The van der Waals surface area contributed by atoms with Gasteiger partial charge in [-0.2, -0.15) is 0 Å². The summed E-state index contributed by atoms with van der Waals surface area (Å²) in [6.07, 6.45) is 0.222. The fourth-order valence-electron chi connectivity index (χ4n) is 0. The fraction of sp³-hybridized carbons (Fsp3) is 0.667. The first kappa shape index (κ1) is 11.0. The molecule has 0 amide bonds. The predicted octanol–water partition coefficient (Wildman–Crippen LogP) is -0.523. The molecule has 0 radical (unpaired) electrons. The van der Waals surface area contributed by atoms with Crippen molar-refractivity contribution in [3.63, 3.8) is 0 Å². The third kappa shape index (κ3) is 155. The maximum Gasteiger partial charge on any atom is 0.425 e. The molecule has 54 valence electrons. The molecule has 0 unspecified atom stereocenters. The molecule has 0 aromatic heterocycles. The Morgan fingerprint density at radius 1 is 1.44 bits per heavy atom. The second-order valence-corrected chi connectivity index (χ2v) is 1.36. The first-order valence-electron chi connectivity index (χ1n) is 1.99. The molecule has 0 spiro atoms. The lowest BCUT2D eigenvalue weighted by Crippen LogP contribution is -1.86. The Balaban J connectivity index is 0. The molecule has 0 aliphatic carbocycles. The molecule has 9 heavy (non-hydrogen) atoms. The molecule has 0 fully saturated rings. The van der Waals surface area contributed by atoms with Crippen molar-refractivity contribution in [1.29, 1.82) is 0 Å². The van der Waals surface area contributed by atoms with Crippen LogP contribution < -0.4 is 0 Å². The molecular formula is C3H6O5S. The van der Waals surface area contributed by atoms with Crippen molar-refractivity contribution < 1.29 is 22.5 Å². The first-order valence-corrected chi connectivity index (χ1v) is 2.99. The summed E-state index contributed by atoms with van der Waals surface area (Å²) in [4.78, 5) is 9.37. The Labute approximate surface area is 53.4 Å². The number of hydrogen-bond donors (Lipinski definition) is 1. The van der Waals surface area contributed by atoms with Crippen LogP contribution in [-0.4, -0.2) is 23.7 Å². The van der Waals surface area contributed by atoms with Gasteiger partial charge < -0.3 is 5.11 Å². The zero-order valence-electron chi connectivity index (χ0n) is 4.70. The summed E-state index contributed by atoms with van der Waals surface area (Å²) in [6.45, 7) is 1.60. The van der Waals surface area contributed by atoms with Crippen molar-refractivity contribution in [1.82, 2.24) is 0 Å². The van der Waals surface area contributed by atoms with Crippen LogP contribution in [0.5, 0.6) is 0 Å². The van der Waals surface area contributed by atoms with Gasteiger partial charge in [-0.1, -0.05) is 6.92 Å². The lowest BCUT2D eigenvalue weighted by atomic mass is 10.5. The second-order valence-electron chi connectivity index (χ2n) is 0.951. The lowest BCUT2D eigenvalue weighted by Gasteiger charge is -1.71. The van der Waals surface area contributed by atoms with Gasteiger partial charge in [0.25, 0.3) is 0 Å². The van der Waals surface area contributed by atoms with E-state index in [9.17, 15) is 4.79 Å². The second kappa shape index (κ2) is 7.09. The van der Waals surface area contributed by atoms with Crippen molar-refractivity contribution >= 4 is 16.6 Å². The van der Waals surface area contributed by atoms with Crippen LogP contribution in [0.25, 0.3) is 0 Å². The molecule has 0 aliphatic rings. The van der Waals surface area contributed by atoms with E-state index >= 15 is 0 Å². The number of carboxylic acid groups (broad SMARTS) is 1. The molecule has 0 saturated carbocycles. The number of carbonyl (C=O) groups is 1. The molecule has 0 saturated heterocycles. The van der Waals surface area contributed by atoms with Gasteiger partial charge in [0.15, 0.2) is 0 Å². The van der Waals surface area contributed by atoms with Gasteiger partial charge in [-0.05, 0) is 0 Å². The monoisotopic (exact) mass is 154 g/mol. The van der Waals surface area contributed by atoms with E-state index in [1.54, 1.807) is 6.92 Å². The molecule has 1 N–H and O–H groups in total. The summed E-state index contributed by atoms with van der Waals surface area (Å²) in [7, 11) is -3.11. The van der Waals surface area contributed by atoms with Crippen LogP contribution in [0.2, 0.25) is 0 Å². The van der Waals surface area contributed by atoms with Crippen LogP contribution in [0.15, 0.2) is 0 Å². The van der Waals surface area contributed by atoms with Crippen LogP contribution in [0.1, 0.15) is 13.3 Å². The highest BCUT2D eigenvalue weighted by atomic mass is 32.2. The number of rotatable bonds is 1. The van der Waals surface area contributed by atoms with Gasteiger partial charge in [0.1, 0.15) is 0 Å². The number of carboxylic acids is 1. The van der Waals surface area contributed by atoms with Gasteiger partial charge in [-0.15, -0.1) is 12.6 Å². The summed E-state index contributed by atoms with van der Waals surface area (Å²) in [6, 6.07) is 0. The van der Waals surface area contributed by atoms with E-state index in [1.165, 1.54) is 0 Å². The molecule has 0 heterocycles. The van der Waals surface area contributed by atoms with Crippen LogP contribution in [-0.2, 0) is 15.4 Å². The first-order chi connectivity index (χ1) is 4.00. The molecule has 0 rings (SSSR count). The fourth-order valence-corrected chi connectivity index (χ4v) is 0. The Kier molecular flexibility index (Phi) is 8.64. The van der Waals surface area contributed by atoms with Gasteiger partial charge in [0, 0.05) is 6.42 Å². The Bertz CT molecular complexity index is 157. The SMILES string of the molecule is CCC(=O)O.O=S(=O)=O. The van der Waals surface area contributed by atoms with Crippen molar-refractivity contribution in [2.75, 3.05) is 0 Å². The quantitative estimate of drug-likeness (QED) is 0.548. The summed E-state index contributed by atoms with van der Waals surface area (Å²) in [5.41, 5.74) is 0. The van der Waals surface area contributed by atoms with Gasteiger partial charge in [0.2, 0.25) is 0 Å². The smallest absolute Gasteiger partial charge is 0.425 e. The highest BCUT2D eigenvalue weighted by Crippen LogP contribution is 1.67. The Hall–Kier alpha value is -0.910. The third-order valence-corrected chi connectivity index (χ3v) is 0.302. The highest BCUT2D eigenvalue weighted by molar-refractivity contribution is 7.59. The van der Waals surface area contributed by atoms with Crippen molar-refractivity contribution in [2.45, 2.75) is 13.3 Å². The van der Waals surface area contributed by atoms with Gasteiger partial charge >= 0.3 is 16.6 Å². The highest BCUT2D eigenvalue weighted by Gasteiger charge is 1.80.